The average molecular weight is 388 g/mol. The van der Waals surface area contributed by atoms with E-state index in [1.165, 1.54) is 22.4 Å². The fraction of sp³-hybridized carbons (Fsp3) is 0.0769. The molecule has 0 saturated carbocycles. The predicted octanol–water partition coefficient (Wildman–Crippen LogP) is 5.96. The van der Waals surface area contributed by atoms with Crippen LogP contribution in [0.4, 0.5) is 23.0 Å². The van der Waals surface area contributed by atoms with Crippen LogP contribution in [0.5, 0.6) is 0 Å². The van der Waals surface area contributed by atoms with Gasteiger partial charge < -0.3 is 9.80 Å². The number of hydrogen-bond acceptors (Lipinski definition) is 4. The third-order valence-electron chi connectivity index (χ3n) is 5.98. The molecule has 4 heteroatoms. The van der Waals surface area contributed by atoms with Crippen LogP contribution in [0.3, 0.4) is 0 Å². The molecule has 1 unspecified atom stereocenters. The highest BCUT2D eigenvalue weighted by atomic mass is 15.5. The summed E-state index contributed by atoms with van der Waals surface area (Å²) in [6.45, 7) is 3.97. The second kappa shape index (κ2) is 6.56. The molecule has 2 aliphatic heterocycles. The minimum absolute atomic E-state index is 0.143. The Morgan fingerprint density at radius 2 is 1.57 bits per heavy atom. The lowest BCUT2D eigenvalue weighted by Gasteiger charge is -2.26. The van der Waals surface area contributed by atoms with Crippen molar-refractivity contribution >= 4 is 29.1 Å². The van der Waals surface area contributed by atoms with Crippen LogP contribution < -0.4 is 9.80 Å². The molecule has 0 aliphatic carbocycles. The largest absolute Gasteiger partial charge is 0.302 e. The molecule has 6 rings (SSSR count). The molecule has 0 bridgehead atoms. The molecule has 1 atom stereocenters. The Labute approximate surface area is 175 Å². The Morgan fingerprint density at radius 3 is 2.37 bits per heavy atom. The van der Waals surface area contributed by atoms with E-state index in [1.54, 1.807) is 12.4 Å². The predicted molar refractivity (Wildman–Crippen MR) is 122 cm³/mol. The normalized spacial score (nSPS) is 16.2. The van der Waals surface area contributed by atoms with Crippen LogP contribution in [0.15, 0.2) is 91.8 Å². The number of rotatable bonds is 3. The summed E-state index contributed by atoms with van der Waals surface area (Å²) < 4.78 is 0. The zero-order valence-corrected chi connectivity index (χ0v) is 16.4. The monoisotopic (exact) mass is 388 g/mol. The molecule has 2 aliphatic rings. The van der Waals surface area contributed by atoms with Crippen LogP contribution in [-0.4, -0.2) is 16.1 Å². The molecular formula is C26H20N4. The maximum absolute atomic E-state index is 4.69. The number of anilines is 4. The zero-order chi connectivity index (χ0) is 20.1. The van der Waals surface area contributed by atoms with E-state index in [4.69, 9.17) is 4.98 Å². The number of aromatic nitrogens is 2. The van der Waals surface area contributed by atoms with Crippen LogP contribution in [0.2, 0.25) is 0 Å². The van der Waals surface area contributed by atoms with Gasteiger partial charge in [-0.15, -0.1) is 0 Å². The van der Waals surface area contributed by atoms with Crippen molar-refractivity contribution < 1.29 is 0 Å². The van der Waals surface area contributed by atoms with Gasteiger partial charge >= 0.3 is 0 Å². The van der Waals surface area contributed by atoms with Gasteiger partial charge in [0.05, 0.1) is 0 Å². The fourth-order valence-corrected chi connectivity index (χ4v) is 4.69. The van der Waals surface area contributed by atoms with Crippen molar-refractivity contribution in [3.8, 4) is 11.1 Å². The molecule has 3 heterocycles. The van der Waals surface area contributed by atoms with E-state index >= 15 is 0 Å². The first-order chi connectivity index (χ1) is 14.8. The lowest BCUT2D eigenvalue weighted by molar-refractivity contribution is 0.723. The lowest BCUT2D eigenvalue weighted by Crippen LogP contribution is -2.35. The summed E-state index contributed by atoms with van der Waals surface area (Å²) in [7, 11) is 0. The molecule has 0 fully saturated rings. The van der Waals surface area contributed by atoms with E-state index in [-0.39, 0.29) is 6.17 Å². The Morgan fingerprint density at radius 1 is 0.833 bits per heavy atom. The summed E-state index contributed by atoms with van der Waals surface area (Å²) in [4.78, 5) is 14.0. The lowest BCUT2D eigenvalue weighted by atomic mass is 9.97. The zero-order valence-electron chi connectivity index (χ0n) is 16.4. The molecule has 4 aromatic rings. The van der Waals surface area contributed by atoms with E-state index in [2.05, 4.69) is 88.1 Å². The van der Waals surface area contributed by atoms with Crippen molar-refractivity contribution in [2.45, 2.75) is 12.6 Å². The van der Waals surface area contributed by atoms with Crippen LogP contribution in [0.1, 0.15) is 11.1 Å². The van der Waals surface area contributed by atoms with Crippen LogP contribution in [-0.2, 0) is 6.42 Å². The SMILES string of the molecule is C=Cc1ccccc1-c1ccc2c(c1)CC1N(c3ccccc3)c3nccnc3N21. The molecule has 0 amide bonds. The maximum Gasteiger partial charge on any atom is 0.178 e. The summed E-state index contributed by atoms with van der Waals surface area (Å²) in [6.07, 6.45) is 6.52. The van der Waals surface area contributed by atoms with Gasteiger partial charge in [-0.05, 0) is 46.5 Å². The first-order valence-electron chi connectivity index (χ1n) is 10.1. The van der Waals surface area contributed by atoms with Crippen LogP contribution >= 0.6 is 0 Å². The van der Waals surface area contributed by atoms with Gasteiger partial charge in [0.2, 0.25) is 0 Å². The quantitative estimate of drug-likeness (QED) is 0.433. The van der Waals surface area contributed by atoms with Gasteiger partial charge in [-0.1, -0.05) is 61.2 Å². The van der Waals surface area contributed by atoms with E-state index in [0.717, 1.165) is 29.3 Å². The molecule has 0 radical (unpaired) electrons. The van der Waals surface area contributed by atoms with E-state index in [1.807, 2.05) is 12.1 Å². The molecule has 0 spiro atoms. The highest BCUT2D eigenvalue weighted by molar-refractivity contribution is 5.88. The van der Waals surface area contributed by atoms with Crippen LogP contribution in [0, 0.1) is 0 Å². The Balaban J connectivity index is 1.48. The van der Waals surface area contributed by atoms with E-state index in [0.29, 0.717) is 0 Å². The van der Waals surface area contributed by atoms with Crippen molar-refractivity contribution in [2.75, 3.05) is 9.80 Å². The minimum atomic E-state index is 0.143. The number of nitrogens with zero attached hydrogens (tertiary/aromatic N) is 4. The summed E-state index contributed by atoms with van der Waals surface area (Å²) >= 11 is 0. The van der Waals surface area contributed by atoms with Crippen molar-refractivity contribution in [2.24, 2.45) is 0 Å². The average Bonchev–Trinajstić information content (AvgIpc) is 3.33. The van der Waals surface area contributed by atoms with Gasteiger partial charge in [0.1, 0.15) is 6.17 Å². The number of para-hydroxylation sites is 1. The van der Waals surface area contributed by atoms with Gasteiger partial charge in [0.25, 0.3) is 0 Å². The third-order valence-corrected chi connectivity index (χ3v) is 5.98. The molecule has 3 aromatic carbocycles. The van der Waals surface area contributed by atoms with Gasteiger partial charge in [-0.25, -0.2) is 9.97 Å². The second-order valence-corrected chi connectivity index (χ2v) is 7.60. The summed E-state index contributed by atoms with van der Waals surface area (Å²) in [6, 6.07) is 25.6. The maximum atomic E-state index is 4.69. The smallest absolute Gasteiger partial charge is 0.178 e. The number of benzene rings is 3. The first-order valence-corrected chi connectivity index (χ1v) is 10.1. The third kappa shape index (κ3) is 2.40. The van der Waals surface area contributed by atoms with Gasteiger partial charge in [0.15, 0.2) is 11.6 Å². The Bertz CT molecular complexity index is 1270. The summed E-state index contributed by atoms with van der Waals surface area (Å²) in [5.41, 5.74) is 7.25. The van der Waals surface area contributed by atoms with Crippen LogP contribution in [0.25, 0.3) is 17.2 Å². The van der Waals surface area contributed by atoms with Gasteiger partial charge in [0, 0.05) is 30.2 Å². The highest BCUT2D eigenvalue weighted by Crippen LogP contribution is 2.51. The summed E-state index contributed by atoms with van der Waals surface area (Å²) in [5, 5.41) is 0. The molecule has 144 valence electrons. The second-order valence-electron chi connectivity index (χ2n) is 7.60. The first kappa shape index (κ1) is 17.0. The van der Waals surface area contributed by atoms with Crippen molar-refractivity contribution in [3.05, 3.63) is 103 Å². The van der Waals surface area contributed by atoms with Gasteiger partial charge in [-0.2, -0.15) is 0 Å². The molecular weight excluding hydrogens is 368 g/mol. The fourth-order valence-electron chi connectivity index (χ4n) is 4.69. The molecule has 1 aromatic heterocycles. The topological polar surface area (TPSA) is 32.3 Å². The molecule has 0 saturated heterocycles. The van der Waals surface area contributed by atoms with E-state index < -0.39 is 0 Å². The molecule has 4 nitrogen and oxygen atoms in total. The number of fused-ring (bicyclic) bond motifs is 5. The van der Waals surface area contributed by atoms with E-state index in [9.17, 15) is 0 Å². The minimum Gasteiger partial charge on any atom is -0.302 e. The molecule has 30 heavy (non-hydrogen) atoms. The highest BCUT2D eigenvalue weighted by Gasteiger charge is 2.44. The van der Waals surface area contributed by atoms with Gasteiger partial charge in [-0.3, -0.25) is 0 Å². The molecule has 0 N–H and O–H groups in total. The standard InChI is InChI=1S/C26H20N4/c1-2-18-8-6-7-11-22(18)19-12-13-23-20(16-19)17-24-29(21-9-4-3-5-10-21)25-26(30(23)24)28-15-14-27-25/h2-16,24H,1,17H2. The van der Waals surface area contributed by atoms with Crippen molar-refractivity contribution in [3.63, 3.8) is 0 Å². The Hall–Kier alpha value is -3.92. The van der Waals surface area contributed by atoms with Crippen molar-refractivity contribution in [1.82, 2.24) is 9.97 Å². The van der Waals surface area contributed by atoms with Crippen molar-refractivity contribution in [1.29, 1.82) is 0 Å². The Kier molecular flexibility index (Phi) is 3.71. The summed E-state index contributed by atoms with van der Waals surface area (Å²) in [5.74, 6) is 1.84. The number of hydrogen-bond donors (Lipinski definition) is 0.